The van der Waals surface area contributed by atoms with Gasteiger partial charge in [0.25, 0.3) is 5.91 Å². The molecule has 0 saturated carbocycles. The predicted octanol–water partition coefficient (Wildman–Crippen LogP) is 3.14. The van der Waals surface area contributed by atoms with Crippen LogP contribution in [0.1, 0.15) is 42.7 Å². The average molecular weight is 393 g/mol. The number of halogens is 1. The van der Waals surface area contributed by atoms with Gasteiger partial charge in [-0.05, 0) is 17.5 Å². The van der Waals surface area contributed by atoms with Crippen molar-refractivity contribution in [1.82, 2.24) is 15.6 Å². The van der Waals surface area contributed by atoms with Gasteiger partial charge in [0.2, 0.25) is 5.91 Å². The molecule has 0 aliphatic rings. The van der Waals surface area contributed by atoms with E-state index in [0.717, 1.165) is 0 Å². The first-order valence-electron chi connectivity index (χ1n) is 8.61. The summed E-state index contributed by atoms with van der Waals surface area (Å²) in [7, 11) is 0. The molecule has 0 fully saturated rings. The highest BCUT2D eigenvalue weighted by molar-refractivity contribution is 7.09. The van der Waals surface area contributed by atoms with E-state index in [0.29, 0.717) is 24.5 Å². The molecule has 0 atom stereocenters. The van der Waals surface area contributed by atoms with Crippen molar-refractivity contribution < 1.29 is 18.7 Å². The Morgan fingerprint density at radius 2 is 1.89 bits per heavy atom. The fraction of sp³-hybridized carbons (Fsp3) is 0.421. The molecule has 1 heterocycles. The maximum Gasteiger partial charge on any atom is 0.270 e. The van der Waals surface area contributed by atoms with E-state index in [-0.39, 0.29) is 35.3 Å². The van der Waals surface area contributed by atoms with Crippen molar-refractivity contribution in [2.24, 2.45) is 5.41 Å². The number of para-hydroxylation sites is 1. The molecule has 2 rings (SSSR count). The minimum absolute atomic E-state index is 0.0435. The van der Waals surface area contributed by atoms with Crippen molar-refractivity contribution in [2.75, 3.05) is 13.1 Å². The number of aromatic nitrogens is 1. The summed E-state index contributed by atoms with van der Waals surface area (Å²) in [4.78, 5) is 28.0. The number of hydrogen-bond donors (Lipinski definition) is 2. The van der Waals surface area contributed by atoms with Gasteiger partial charge >= 0.3 is 0 Å². The average Bonchev–Trinajstić information content (AvgIpc) is 3.05. The fourth-order valence-corrected chi connectivity index (χ4v) is 2.88. The Balaban J connectivity index is 1.73. The number of hydrogen-bond acceptors (Lipinski definition) is 5. The number of nitrogens with one attached hydrogen (secondary N) is 2. The lowest BCUT2D eigenvalue weighted by molar-refractivity contribution is -0.122. The van der Waals surface area contributed by atoms with Crippen molar-refractivity contribution in [1.29, 1.82) is 0 Å². The van der Waals surface area contributed by atoms with Crippen LogP contribution in [0.15, 0.2) is 29.6 Å². The van der Waals surface area contributed by atoms with Crippen molar-refractivity contribution in [3.8, 4) is 5.75 Å². The third-order valence-electron chi connectivity index (χ3n) is 3.40. The standard InChI is InChI=1S/C19H24FN3O3S/c1-19(2,3)10-16(24)21-8-9-22-18(25)14-12-27-17(23-14)11-26-15-7-5-4-6-13(15)20/h4-7,12H,8-11H2,1-3H3,(H,21,24)(H,22,25). The molecule has 0 bridgehead atoms. The van der Waals surface area contributed by atoms with Gasteiger partial charge in [0.15, 0.2) is 11.6 Å². The molecule has 0 aliphatic carbocycles. The van der Waals surface area contributed by atoms with Gasteiger partial charge in [-0.2, -0.15) is 0 Å². The lowest BCUT2D eigenvalue weighted by atomic mass is 9.92. The smallest absolute Gasteiger partial charge is 0.270 e. The van der Waals surface area contributed by atoms with Gasteiger partial charge in [0.1, 0.15) is 17.3 Å². The van der Waals surface area contributed by atoms with Crippen LogP contribution >= 0.6 is 11.3 Å². The first kappa shape index (κ1) is 20.8. The Hall–Kier alpha value is -2.48. The highest BCUT2D eigenvalue weighted by Crippen LogP contribution is 2.19. The molecule has 0 aliphatic heterocycles. The molecule has 0 saturated heterocycles. The number of carbonyl (C=O) groups excluding carboxylic acids is 2. The fourth-order valence-electron chi connectivity index (χ4n) is 2.20. The quantitative estimate of drug-likeness (QED) is 0.675. The molecule has 8 heteroatoms. The number of ether oxygens (including phenoxy) is 1. The van der Waals surface area contributed by atoms with Crippen LogP contribution in [-0.2, 0) is 11.4 Å². The lowest BCUT2D eigenvalue weighted by Crippen LogP contribution is -2.36. The minimum atomic E-state index is -0.444. The summed E-state index contributed by atoms with van der Waals surface area (Å²) < 4.78 is 18.9. The van der Waals surface area contributed by atoms with E-state index in [9.17, 15) is 14.0 Å². The molecule has 1 aromatic carbocycles. The lowest BCUT2D eigenvalue weighted by Gasteiger charge is -2.17. The summed E-state index contributed by atoms with van der Waals surface area (Å²) in [6.07, 6.45) is 0.429. The van der Waals surface area contributed by atoms with E-state index in [1.165, 1.54) is 23.5 Å². The SMILES string of the molecule is CC(C)(C)CC(=O)NCCNC(=O)c1csc(COc2ccccc2F)n1. The molecule has 0 radical (unpaired) electrons. The van der Waals surface area contributed by atoms with Crippen LogP contribution < -0.4 is 15.4 Å². The molecule has 6 nitrogen and oxygen atoms in total. The van der Waals surface area contributed by atoms with E-state index in [2.05, 4.69) is 15.6 Å². The highest BCUT2D eigenvalue weighted by atomic mass is 32.1. The second-order valence-corrected chi connectivity index (χ2v) is 8.13. The van der Waals surface area contributed by atoms with Crippen LogP contribution in [0.4, 0.5) is 4.39 Å². The second kappa shape index (κ2) is 9.45. The third-order valence-corrected chi connectivity index (χ3v) is 4.22. The van der Waals surface area contributed by atoms with Crippen molar-refractivity contribution in [2.45, 2.75) is 33.8 Å². The number of thiazole rings is 1. The van der Waals surface area contributed by atoms with Crippen LogP contribution in [0.5, 0.6) is 5.75 Å². The number of rotatable bonds is 8. The van der Waals surface area contributed by atoms with Gasteiger partial charge in [-0.25, -0.2) is 9.37 Å². The molecule has 0 spiro atoms. The van der Waals surface area contributed by atoms with Gasteiger partial charge in [-0.1, -0.05) is 32.9 Å². The topological polar surface area (TPSA) is 80.3 Å². The van der Waals surface area contributed by atoms with Gasteiger partial charge in [-0.15, -0.1) is 11.3 Å². The van der Waals surface area contributed by atoms with Gasteiger partial charge in [0.05, 0.1) is 0 Å². The van der Waals surface area contributed by atoms with Crippen LogP contribution in [0.3, 0.4) is 0 Å². The Morgan fingerprint density at radius 3 is 2.59 bits per heavy atom. The third kappa shape index (κ3) is 7.34. The summed E-state index contributed by atoms with van der Waals surface area (Å²) in [5, 5.41) is 7.66. The Bertz CT molecular complexity index is 787. The molecule has 2 N–H and O–H groups in total. The Morgan fingerprint density at radius 1 is 1.19 bits per heavy atom. The van der Waals surface area contributed by atoms with E-state index in [4.69, 9.17) is 4.74 Å². The number of benzene rings is 1. The normalized spacial score (nSPS) is 11.1. The molecular weight excluding hydrogens is 369 g/mol. The van der Waals surface area contributed by atoms with Gasteiger partial charge < -0.3 is 15.4 Å². The first-order valence-corrected chi connectivity index (χ1v) is 9.49. The second-order valence-electron chi connectivity index (χ2n) is 7.19. The first-order chi connectivity index (χ1) is 12.7. The van der Waals surface area contributed by atoms with Crippen LogP contribution in [-0.4, -0.2) is 29.9 Å². The van der Waals surface area contributed by atoms with Crippen LogP contribution in [0.2, 0.25) is 0 Å². The van der Waals surface area contributed by atoms with Crippen LogP contribution in [0.25, 0.3) is 0 Å². The summed E-state index contributed by atoms with van der Waals surface area (Å²) >= 11 is 1.26. The van der Waals surface area contributed by atoms with Crippen molar-refractivity contribution >= 4 is 23.2 Å². The van der Waals surface area contributed by atoms with Crippen molar-refractivity contribution in [3.05, 3.63) is 46.2 Å². The van der Waals surface area contributed by atoms with E-state index < -0.39 is 5.82 Å². The maximum atomic E-state index is 13.5. The molecule has 146 valence electrons. The molecule has 0 unspecified atom stereocenters. The number of amides is 2. The monoisotopic (exact) mass is 393 g/mol. The van der Waals surface area contributed by atoms with Crippen molar-refractivity contribution in [3.63, 3.8) is 0 Å². The minimum Gasteiger partial charge on any atom is -0.483 e. The van der Waals surface area contributed by atoms with E-state index >= 15 is 0 Å². The zero-order chi connectivity index (χ0) is 19.9. The van der Waals surface area contributed by atoms with E-state index in [1.807, 2.05) is 20.8 Å². The van der Waals surface area contributed by atoms with Crippen LogP contribution in [0, 0.1) is 11.2 Å². The largest absolute Gasteiger partial charge is 0.483 e. The molecule has 1 aromatic heterocycles. The Kier molecular flexibility index (Phi) is 7.29. The van der Waals surface area contributed by atoms with Gasteiger partial charge in [0, 0.05) is 24.9 Å². The Labute approximate surface area is 162 Å². The molecule has 2 aromatic rings. The number of nitrogens with zero attached hydrogens (tertiary/aromatic N) is 1. The maximum absolute atomic E-state index is 13.5. The summed E-state index contributed by atoms with van der Waals surface area (Å²) in [5.74, 6) is -0.670. The van der Waals surface area contributed by atoms with E-state index in [1.54, 1.807) is 17.5 Å². The number of carbonyl (C=O) groups is 2. The molecular formula is C19H24FN3O3S. The summed E-state index contributed by atoms with van der Waals surface area (Å²) in [6, 6.07) is 6.11. The zero-order valence-corrected chi connectivity index (χ0v) is 16.5. The van der Waals surface area contributed by atoms with Gasteiger partial charge in [-0.3, -0.25) is 9.59 Å². The predicted molar refractivity (Wildman–Crippen MR) is 102 cm³/mol. The highest BCUT2D eigenvalue weighted by Gasteiger charge is 2.16. The zero-order valence-electron chi connectivity index (χ0n) is 15.7. The summed E-state index contributed by atoms with van der Waals surface area (Å²) in [5.41, 5.74) is 0.197. The summed E-state index contributed by atoms with van der Waals surface area (Å²) in [6.45, 7) is 6.72. The molecule has 27 heavy (non-hydrogen) atoms. The molecule has 2 amide bonds.